The van der Waals surface area contributed by atoms with E-state index in [1.165, 1.54) is 13.2 Å². The highest BCUT2D eigenvalue weighted by Crippen LogP contribution is 2.36. The molecule has 1 aromatic carbocycles. The number of amides is 1. The van der Waals surface area contributed by atoms with E-state index >= 15 is 0 Å². The topological polar surface area (TPSA) is 114 Å². The maximum absolute atomic E-state index is 11.8. The number of ether oxygens (including phenoxy) is 2. The first-order valence-corrected chi connectivity index (χ1v) is 6.94. The zero-order valence-corrected chi connectivity index (χ0v) is 13.3. The lowest BCUT2D eigenvalue weighted by molar-refractivity contribution is 0.0506. The Kier molecular flexibility index (Phi) is 5.87. The van der Waals surface area contributed by atoms with Crippen LogP contribution in [0.25, 0.3) is 0 Å². The van der Waals surface area contributed by atoms with Crippen LogP contribution in [0, 0.1) is 0 Å². The molecule has 0 aliphatic rings. The van der Waals surface area contributed by atoms with E-state index < -0.39 is 11.7 Å². The number of phenolic OH excluding ortho intramolecular Hbond substituents is 2. The fourth-order valence-corrected chi connectivity index (χ4v) is 1.87. The number of hydrogen-bond acceptors (Lipinski definition) is 6. The van der Waals surface area contributed by atoms with Gasteiger partial charge in [0.25, 0.3) is 0 Å². The minimum absolute atomic E-state index is 0.156. The van der Waals surface area contributed by atoms with E-state index in [0.29, 0.717) is 12.0 Å². The third-order valence-electron chi connectivity index (χ3n) is 2.82. The Balaban J connectivity index is 2.78. The number of rotatable bonds is 5. The normalized spacial score (nSPS) is 12.6. The summed E-state index contributed by atoms with van der Waals surface area (Å²) in [5.74, 6) is -0.457. The minimum Gasteiger partial charge on any atom is -0.504 e. The monoisotopic (exact) mass is 312 g/mol. The van der Waals surface area contributed by atoms with E-state index in [-0.39, 0.29) is 29.8 Å². The van der Waals surface area contributed by atoms with Crippen molar-refractivity contribution in [3.05, 3.63) is 17.7 Å². The lowest BCUT2D eigenvalue weighted by atomic mass is 10.0. The van der Waals surface area contributed by atoms with Crippen molar-refractivity contribution in [3.63, 3.8) is 0 Å². The molecule has 1 amide bonds. The maximum Gasteiger partial charge on any atom is 0.407 e. The summed E-state index contributed by atoms with van der Waals surface area (Å²) in [4.78, 5) is 11.8. The molecule has 1 unspecified atom stereocenters. The second kappa shape index (κ2) is 7.22. The average Bonchev–Trinajstić information content (AvgIpc) is 2.39. The van der Waals surface area contributed by atoms with Crippen molar-refractivity contribution in [1.29, 1.82) is 0 Å². The fourth-order valence-electron chi connectivity index (χ4n) is 1.87. The van der Waals surface area contributed by atoms with Crippen LogP contribution in [-0.2, 0) is 11.2 Å². The van der Waals surface area contributed by atoms with Crippen molar-refractivity contribution in [3.8, 4) is 17.2 Å². The number of alkyl carbamates (subject to hydrolysis) is 1. The Labute approximate surface area is 130 Å². The van der Waals surface area contributed by atoms with Crippen molar-refractivity contribution in [2.24, 2.45) is 5.73 Å². The molecule has 124 valence electrons. The van der Waals surface area contributed by atoms with Crippen LogP contribution in [0.15, 0.2) is 12.1 Å². The standard InChI is InChI=1S/C15H24N2O5/c1-15(2,3)22-14(20)17-10(8-16)5-9-6-11(18)13(19)12(7-9)21-4/h6-7,10,18-19H,5,8,16H2,1-4H3,(H,17,20). The molecule has 0 aromatic heterocycles. The number of aromatic hydroxyl groups is 2. The van der Waals surface area contributed by atoms with Crippen molar-refractivity contribution >= 4 is 6.09 Å². The van der Waals surface area contributed by atoms with Gasteiger partial charge in [-0.25, -0.2) is 4.79 Å². The first-order valence-electron chi connectivity index (χ1n) is 6.94. The molecule has 7 heteroatoms. The van der Waals surface area contributed by atoms with Crippen LogP contribution in [0.3, 0.4) is 0 Å². The third kappa shape index (κ3) is 5.33. The molecule has 0 fully saturated rings. The Hall–Kier alpha value is -2.15. The number of methoxy groups -OCH3 is 1. The van der Waals surface area contributed by atoms with E-state index in [1.807, 2.05) is 0 Å². The largest absolute Gasteiger partial charge is 0.504 e. The van der Waals surface area contributed by atoms with Crippen molar-refractivity contribution < 1.29 is 24.5 Å². The highest BCUT2D eigenvalue weighted by atomic mass is 16.6. The van der Waals surface area contributed by atoms with Gasteiger partial charge in [-0.1, -0.05) is 0 Å². The van der Waals surface area contributed by atoms with E-state index in [2.05, 4.69) is 5.32 Å². The minimum atomic E-state index is -0.594. The van der Waals surface area contributed by atoms with E-state index in [9.17, 15) is 15.0 Å². The Morgan fingerprint density at radius 3 is 2.50 bits per heavy atom. The molecule has 0 saturated carbocycles. The molecule has 0 aliphatic carbocycles. The average molecular weight is 312 g/mol. The van der Waals surface area contributed by atoms with E-state index in [1.54, 1.807) is 26.8 Å². The van der Waals surface area contributed by atoms with Crippen LogP contribution in [0.5, 0.6) is 17.2 Å². The van der Waals surface area contributed by atoms with Gasteiger partial charge < -0.3 is 30.7 Å². The SMILES string of the molecule is COc1cc(CC(CN)NC(=O)OC(C)(C)C)cc(O)c1O. The Morgan fingerprint density at radius 1 is 1.36 bits per heavy atom. The summed E-state index contributed by atoms with van der Waals surface area (Å²) in [5.41, 5.74) is 5.73. The summed E-state index contributed by atoms with van der Waals surface area (Å²) in [6, 6.07) is 2.61. The molecule has 0 saturated heterocycles. The molecule has 0 bridgehead atoms. The highest BCUT2D eigenvalue weighted by molar-refractivity contribution is 5.68. The zero-order valence-electron chi connectivity index (χ0n) is 13.3. The lowest BCUT2D eigenvalue weighted by Gasteiger charge is -2.23. The van der Waals surface area contributed by atoms with Gasteiger partial charge in [0.15, 0.2) is 11.5 Å². The first kappa shape index (κ1) is 17.9. The molecule has 0 radical (unpaired) electrons. The highest BCUT2D eigenvalue weighted by Gasteiger charge is 2.20. The summed E-state index contributed by atoms with van der Waals surface area (Å²) >= 11 is 0. The lowest BCUT2D eigenvalue weighted by Crippen LogP contribution is -2.44. The van der Waals surface area contributed by atoms with Crippen molar-refractivity contribution in [2.75, 3.05) is 13.7 Å². The van der Waals surface area contributed by atoms with Crippen molar-refractivity contribution in [1.82, 2.24) is 5.32 Å². The van der Waals surface area contributed by atoms with Gasteiger partial charge in [0.1, 0.15) is 5.60 Å². The Morgan fingerprint density at radius 2 is 2.00 bits per heavy atom. The summed E-state index contributed by atoms with van der Waals surface area (Å²) < 4.78 is 10.2. The molecule has 7 nitrogen and oxygen atoms in total. The molecule has 1 aromatic rings. The number of phenols is 2. The smallest absolute Gasteiger partial charge is 0.407 e. The predicted octanol–water partition coefficient (Wildman–Crippen LogP) is 1.50. The van der Waals surface area contributed by atoms with Gasteiger partial charge in [-0.3, -0.25) is 0 Å². The number of carbonyl (C=O) groups is 1. The molecule has 1 atom stereocenters. The molecule has 22 heavy (non-hydrogen) atoms. The van der Waals surface area contributed by atoms with Crippen LogP contribution in [0.4, 0.5) is 4.79 Å². The van der Waals surface area contributed by atoms with Gasteiger partial charge in [0.05, 0.1) is 7.11 Å². The second-order valence-corrected chi connectivity index (χ2v) is 5.95. The zero-order chi connectivity index (χ0) is 16.9. The van der Waals surface area contributed by atoms with Crippen LogP contribution in [-0.4, -0.2) is 41.6 Å². The fraction of sp³-hybridized carbons (Fsp3) is 0.533. The molecule has 0 aliphatic heterocycles. The second-order valence-electron chi connectivity index (χ2n) is 5.95. The molecule has 0 heterocycles. The number of carbonyl (C=O) groups excluding carboxylic acids is 1. The molecular weight excluding hydrogens is 288 g/mol. The van der Waals surface area contributed by atoms with E-state index in [4.69, 9.17) is 15.2 Å². The van der Waals surface area contributed by atoms with Crippen LogP contribution in [0.1, 0.15) is 26.3 Å². The third-order valence-corrected chi connectivity index (χ3v) is 2.82. The number of hydrogen-bond donors (Lipinski definition) is 4. The quantitative estimate of drug-likeness (QED) is 0.613. The van der Waals surface area contributed by atoms with Crippen LogP contribution >= 0.6 is 0 Å². The van der Waals surface area contributed by atoms with Gasteiger partial charge in [0, 0.05) is 12.6 Å². The first-order chi connectivity index (χ1) is 10.2. The summed E-state index contributed by atoms with van der Waals surface area (Å²) in [5, 5.41) is 21.9. The number of nitrogens with one attached hydrogen (secondary N) is 1. The van der Waals surface area contributed by atoms with Crippen LogP contribution in [0.2, 0.25) is 0 Å². The van der Waals surface area contributed by atoms with Gasteiger partial charge >= 0.3 is 6.09 Å². The summed E-state index contributed by atoms with van der Waals surface area (Å²) in [7, 11) is 1.39. The Bertz CT molecular complexity index is 525. The number of benzene rings is 1. The summed E-state index contributed by atoms with van der Waals surface area (Å²) in [6.45, 7) is 5.51. The van der Waals surface area contributed by atoms with Gasteiger partial charge in [-0.15, -0.1) is 0 Å². The molecular formula is C15H24N2O5. The maximum atomic E-state index is 11.8. The predicted molar refractivity (Wildman–Crippen MR) is 82.2 cm³/mol. The van der Waals surface area contributed by atoms with E-state index in [0.717, 1.165) is 0 Å². The number of nitrogens with two attached hydrogens (primary N) is 1. The van der Waals surface area contributed by atoms with Gasteiger partial charge in [-0.05, 0) is 44.9 Å². The van der Waals surface area contributed by atoms with Gasteiger partial charge in [-0.2, -0.15) is 0 Å². The van der Waals surface area contributed by atoms with Crippen LogP contribution < -0.4 is 15.8 Å². The summed E-state index contributed by atoms with van der Waals surface area (Å²) in [6.07, 6.45) is -0.196. The van der Waals surface area contributed by atoms with Gasteiger partial charge in [0.2, 0.25) is 5.75 Å². The molecule has 5 N–H and O–H groups in total. The van der Waals surface area contributed by atoms with Crippen molar-refractivity contribution in [2.45, 2.75) is 38.8 Å². The molecule has 1 rings (SSSR count). The molecule has 0 spiro atoms.